The fourth-order valence-electron chi connectivity index (χ4n) is 3.48. The molecule has 0 fully saturated rings. The number of halogens is 1. The van der Waals surface area contributed by atoms with Gasteiger partial charge in [0, 0.05) is 23.4 Å². The summed E-state index contributed by atoms with van der Waals surface area (Å²) < 4.78 is 6.36. The summed E-state index contributed by atoms with van der Waals surface area (Å²) in [4.78, 5) is 24.5. The van der Waals surface area contributed by atoms with E-state index in [1.54, 1.807) is 18.2 Å². The highest BCUT2D eigenvalue weighted by molar-refractivity contribution is 7.99. The maximum Gasteiger partial charge on any atom is 0.316 e. The van der Waals surface area contributed by atoms with Gasteiger partial charge in [0.25, 0.3) is 5.56 Å². The van der Waals surface area contributed by atoms with Gasteiger partial charge >= 0.3 is 5.97 Å². The van der Waals surface area contributed by atoms with Crippen molar-refractivity contribution in [2.75, 3.05) is 7.11 Å². The number of methoxy groups -OCH3 is 1. The number of carbonyl (C=O) groups is 1. The molecule has 7 nitrogen and oxygen atoms in total. The third-order valence-electron chi connectivity index (χ3n) is 5.39. The average molecular weight is 496 g/mol. The molecular weight excluding hydrogens is 474 g/mol. The van der Waals surface area contributed by atoms with Crippen molar-refractivity contribution in [1.82, 2.24) is 15.0 Å². The monoisotopic (exact) mass is 495 g/mol. The Morgan fingerprint density at radius 1 is 1.09 bits per heavy atom. The molecular formula is C25H22ClN3O4S. The molecule has 0 aliphatic heterocycles. The minimum atomic E-state index is -0.922. The summed E-state index contributed by atoms with van der Waals surface area (Å²) in [7, 11) is 1.54. The Hall–Kier alpha value is -3.36. The number of carboxylic acid groups (broad SMARTS) is 1. The van der Waals surface area contributed by atoms with E-state index in [0.29, 0.717) is 27.4 Å². The quantitative estimate of drug-likeness (QED) is 0.353. The van der Waals surface area contributed by atoms with Gasteiger partial charge in [0.05, 0.1) is 12.5 Å². The van der Waals surface area contributed by atoms with Gasteiger partial charge < -0.3 is 9.84 Å². The molecule has 1 atom stereocenters. The Balaban J connectivity index is 1.39. The van der Waals surface area contributed by atoms with Crippen LogP contribution in [0.25, 0.3) is 22.0 Å². The Kier molecular flexibility index (Phi) is 7.49. The first-order valence-corrected chi connectivity index (χ1v) is 12.0. The standard InChI is InChI=1S/C25H22ClN3O4S/c1-33-20-10-11-21-22(14-20)27-28-29(24(21)30)13-12-23(25(31)32)34-15-16-2-4-17(5-3-16)18-6-8-19(26)9-7-18/h2-11,14,23H,12-13,15H2,1H3,(H,31,32). The van der Waals surface area contributed by atoms with Crippen LogP contribution in [0.4, 0.5) is 0 Å². The van der Waals surface area contributed by atoms with Gasteiger partial charge in [0.1, 0.15) is 16.5 Å². The third kappa shape index (κ3) is 5.58. The number of carboxylic acids is 1. The van der Waals surface area contributed by atoms with E-state index in [0.717, 1.165) is 16.7 Å². The van der Waals surface area contributed by atoms with Gasteiger partial charge in [0.15, 0.2) is 0 Å². The van der Waals surface area contributed by atoms with Crippen LogP contribution in [0.3, 0.4) is 0 Å². The Morgan fingerprint density at radius 2 is 1.76 bits per heavy atom. The van der Waals surface area contributed by atoms with E-state index >= 15 is 0 Å². The van der Waals surface area contributed by atoms with Crippen molar-refractivity contribution in [2.45, 2.75) is 24.0 Å². The van der Waals surface area contributed by atoms with E-state index in [1.807, 2.05) is 48.5 Å². The Labute approximate surface area is 205 Å². The van der Waals surface area contributed by atoms with Crippen molar-refractivity contribution >= 4 is 40.2 Å². The van der Waals surface area contributed by atoms with Crippen LogP contribution in [0.5, 0.6) is 5.75 Å². The highest BCUT2D eigenvalue weighted by Crippen LogP contribution is 2.25. The number of ether oxygens (including phenoxy) is 1. The van der Waals surface area contributed by atoms with Crippen LogP contribution in [0.2, 0.25) is 5.02 Å². The molecule has 0 spiro atoms. The molecule has 9 heteroatoms. The number of thioether (sulfide) groups is 1. The lowest BCUT2D eigenvalue weighted by molar-refractivity contribution is -0.136. The summed E-state index contributed by atoms with van der Waals surface area (Å²) in [5.41, 5.74) is 3.27. The van der Waals surface area contributed by atoms with E-state index in [1.165, 1.54) is 23.6 Å². The number of nitrogens with zero attached hydrogens (tertiary/aromatic N) is 3. The molecule has 4 rings (SSSR count). The van der Waals surface area contributed by atoms with Gasteiger partial charge in [-0.05, 0) is 47.4 Å². The Bertz CT molecular complexity index is 1360. The summed E-state index contributed by atoms with van der Waals surface area (Å²) in [6.45, 7) is 0.160. The van der Waals surface area contributed by atoms with Crippen LogP contribution < -0.4 is 10.3 Å². The zero-order valence-corrected chi connectivity index (χ0v) is 19.9. The van der Waals surface area contributed by atoms with Gasteiger partial charge in [-0.3, -0.25) is 9.59 Å². The van der Waals surface area contributed by atoms with Crippen molar-refractivity contribution in [3.8, 4) is 16.9 Å². The predicted molar refractivity (Wildman–Crippen MR) is 135 cm³/mol. The molecule has 1 heterocycles. The molecule has 0 aliphatic rings. The number of fused-ring (bicyclic) bond motifs is 1. The van der Waals surface area contributed by atoms with E-state index in [2.05, 4.69) is 10.3 Å². The zero-order valence-electron chi connectivity index (χ0n) is 18.3. The number of hydrogen-bond acceptors (Lipinski definition) is 6. The summed E-state index contributed by atoms with van der Waals surface area (Å²) >= 11 is 7.27. The summed E-state index contributed by atoms with van der Waals surface area (Å²) in [5.74, 6) is 0.201. The number of aliphatic carboxylic acids is 1. The predicted octanol–water partition coefficient (Wildman–Crippen LogP) is 4.90. The van der Waals surface area contributed by atoms with Gasteiger partial charge in [-0.15, -0.1) is 16.9 Å². The average Bonchev–Trinajstić information content (AvgIpc) is 2.85. The molecule has 174 valence electrons. The lowest BCUT2D eigenvalue weighted by Crippen LogP contribution is -2.27. The maximum atomic E-state index is 12.7. The van der Waals surface area contributed by atoms with Crippen LogP contribution in [0.1, 0.15) is 12.0 Å². The van der Waals surface area contributed by atoms with Gasteiger partial charge in [-0.25, -0.2) is 4.68 Å². The molecule has 0 radical (unpaired) electrons. The van der Waals surface area contributed by atoms with E-state index < -0.39 is 11.2 Å². The summed E-state index contributed by atoms with van der Waals surface area (Å²) in [5, 5.41) is 18.1. The topological polar surface area (TPSA) is 94.3 Å². The maximum absolute atomic E-state index is 12.7. The first-order valence-electron chi connectivity index (χ1n) is 10.6. The van der Waals surface area contributed by atoms with Crippen LogP contribution >= 0.6 is 23.4 Å². The second kappa shape index (κ2) is 10.7. The van der Waals surface area contributed by atoms with Crippen LogP contribution in [0, 0.1) is 0 Å². The fourth-order valence-corrected chi connectivity index (χ4v) is 4.61. The number of rotatable bonds is 9. The zero-order chi connectivity index (χ0) is 24.1. The first-order chi connectivity index (χ1) is 16.4. The highest BCUT2D eigenvalue weighted by Gasteiger charge is 2.19. The Morgan fingerprint density at radius 3 is 2.41 bits per heavy atom. The van der Waals surface area contributed by atoms with Crippen LogP contribution in [0.15, 0.2) is 71.5 Å². The smallest absolute Gasteiger partial charge is 0.316 e. The van der Waals surface area contributed by atoms with Crippen molar-refractivity contribution in [3.63, 3.8) is 0 Å². The second-order valence-corrected chi connectivity index (χ2v) is 9.26. The minimum absolute atomic E-state index is 0.160. The van der Waals surface area contributed by atoms with Gasteiger partial charge in [-0.2, -0.15) is 0 Å². The van der Waals surface area contributed by atoms with Crippen LogP contribution in [-0.4, -0.2) is 38.4 Å². The molecule has 0 bridgehead atoms. The molecule has 4 aromatic rings. The second-order valence-electron chi connectivity index (χ2n) is 7.63. The molecule has 3 aromatic carbocycles. The highest BCUT2D eigenvalue weighted by atomic mass is 35.5. The molecule has 1 unspecified atom stereocenters. The molecule has 1 N–H and O–H groups in total. The molecule has 0 amide bonds. The number of hydrogen-bond donors (Lipinski definition) is 1. The third-order valence-corrected chi connectivity index (χ3v) is 6.98. The lowest BCUT2D eigenvalue weighted by Gasteiger charge is -2.13. The number of benzene rings is 3. The van der Waals surface area contributed by atoms with Crippen molar-refractivity contribution in [3.05, 3.63) is 87.7 Å². The van der Waals surface area contributed by atoms with Crippen LogP contribution in [-0.2, 0) is 17.1 Å². The summed E-state index contributed by atoms with van der Waals surface area (Å²) in [6.07, 6.45) is 0.249. The fraction of sp³-hybridized carbons (Fsp3) is 0.200. The molecule has 1 aromatic heterocycles. The SMILES string of the molecule is COc1ccc2c(=O)n(CCC(SCc3ccc(-c4ccc(Cl)cc4)cc3)C(=O)O)nnc2c1. The van der Waals surface area contributed by atoms with E-state index in [4.69, 9.17) is 16.3 Å². The lowest BCUT2D eigenvalue weighted by atomic mass is 10.0. The minimum Gasteiger partial charge on any atom is -0.497 e. The first kappa shape index (κ1) is 23.8. The molecule has 0 aliphatic carbocycles. The van der Waals surface area contributed by atoms with E-state index in [9.17, 15) is 14.7 Å². The molecule has 34 heavy (non-hydrogen) atoms. The largest absolute Gasteiger partial charge is 0.497 e. The van der Waals surface area contributed by atoms with Gasteiger partial charge in [-0.1, -0.05) is 53.2 Å². The number of aromatic nitrogens is 3. The van der Waals surface area contributed by atoms with E-state index in [-0.39, 0.29) is 18.5 Å². The van der Waals surface area contributed by atoms with Crippen molar-refractivity contribution in [2.24, 2.45) is 0 Å². The number of aryl methyl sites for hydroxylation is 1. The molecule has 0 saturated heterocycles. The normalized spacial score (nSPS) is 11.9. The van der Waals surface area contributed by atoms with Gasteiger partial charge in [0.2, 0.25) is 0 Å². The van der Waals surface area contributed by atoms with Crippen molar-refractivity contribution < 1.29 is 14.6 Å². The van der Waals surface area contributed by atoms with Crippen molar-refractivity contribution in [1.29, 1.82) is 0 Å². The molecule has 0 saturated carbocycles. The summed E-state index contributed by atoms with van der Waals surface area (Å²) in [6, 6.07) is 20.6.